The van der Waals surface area contributed by atoms with Crippen LogP contribution in [-0.2, 0) is 10.0 Å². The molecule has 0 atom stereocenters. The maximum Gasteiger partial charge on any atom is 0.264 e. The molecule has 6 heteroatoms. The molecule has 0 bridgehead atoms. The summed E-state index contributed by atoms with van der Waals surface area (Å²) in [6, 6.07) is 8.86. The number of benzene rings is 2. The number of hydrogen-bond acceptors (Lipinski definition) is 3. The predicted molar refractivity (Wildman–Crippen MR) is 90.0 cm³/mol. The summed E-state index contributed by atoms with van der Waals surface area (Å²) >= 11 is 3.34. The molecule has 112 valence electrons. The lowest BCUT2D eigenvalue weighted by molar-refractivity contribution is 0.601. The Balaban J connectivity index is 2.54. The Morgan fingerprint density at radius 2 is 1.67 bits per heavy atom. The van der Waals surface area contributed by atoms with Crippen LogP contribution in [0.25, 0.3) is 0 Å². The molecule has 3 N–H and O–H groups in total. The Kier molecular flexibility index (Phi) is 4.30. The van der Waals surface area contributed by atoms with Gasteiger partial charge in [0.25, 0.3) is 10.0 Å². The second-order valence-electron chi connectivity index (χ2n) is 4.99. The van der Waals surface area contributed by atoms with Gasteiger partial charge in [-0.05, 0) is 55.7 Å². The number of anilines is 2. The van der Waals surface area contributed by atoms with Crippen LogP contribution in [0, 0.1) is 20.8 Å². The van der Waals surface area contributed by atoms with Gasteiger partial charge in [-0.25, -0.2) is 8.42 Å². The minimum absolute atomic E-state index is 0.141. The molecular weight excluding hydrogens is 352 g/mol. The van der Waals surface area contributed by atoms with E-state index in [0.717, 1.165) is 15.6 Å². The third-order valence-corrected chi connectivity index (χ3v) is 5.48. The number of nitrogens with one attached hydrogen (secondary N) is 1. The molecule has 0 aromatic heterocycles. The molecule has 4 nitrogen and oxygen atoms in total. The van der Waals surface area contributed by atoms with Gasteiger partial charge in [0.15, 0.2) is 0 Å². The van der Waals surface area contributed by atoms with Crippen LogP contribution >= 0.6 is 15.9 Å². The fourth-order valence-electron chi connectivity index (χ4n) is 2.07. The molecule has 0 aliphatic carbocycles. The van der Waals surface area contributed by atoms with Gasteiger partial charge in [-0.2, -0.15) is 0 Å². The molecule has 0 fully saturated rings. The van der Waals surface area contributed by atoms with Crippen LogP contribution in [0.1, 0.15) is 16.7 Å². The highest BCUT2D eigenvalue weighted by molar-refractivity contribution is 9.10. The van der Waals surface area contributed by atoms with Gasteiger partial charge < -0.3 is 5.73 Å². The van der Waals surface area contributed by atoms with Gasteiger partial charge in [-0.3, -0.25) is 4.72 Å². The van der Waals surface area contributed by atoms with Gasteiger partial charge in [0.2, 0.25) is 0 Å². The van der Waals surface area contributed by atoms with Crippen LogP contribution in [0.4, 0.5) is 11.4 Å². The van der Waals surface area contributed by atoms with Crippen molar-refractivity contribution in [1.29, 1.82) is 0 Å². The van der Waals surface area contributed by atoms with Crippen molar-refractivity contribution in [1.82, 2.24) is 0 Å². The highest BCUT2D eigenvalue weighted by Gasteiger charge is 2.22. The van der Waals surface area contributed by atoms with Crippen LogP contribution in [0.15, 0.2) is 39.7 Å². The number of aryl methyl sites for hydroxylation is 2. The van der Waals surface area contributed by atoms with Crippen LogP contribution in [0.3, 0.4) is 0 Å². The lowest BCUT2D eigenvalue weighted by Crippen LogP contribution is -2.17. The first-order chi connectivity index (χ1) is 9.72. The van der Waals surface area contributed by atoms with Crippen molar-refractivity contribution < 1.29 is 8.42 Å². The normalized spacial score (nSPS) is 11.4. The second kappa shape index (κ2) is 5.69. The molecule has 0 aliphatic heterocycles. The Bertz CT molecular complexity index is 802. The van der Waals surface area contributed by atoms with E-state index in [1.165, 1.54) is 0 Å². The Morgan fingerprint density at radius 3 is 2.33 bits per heavy atom. The monoisotopic (exact) mass is 368 g/mol. The lowest BCUT2D eigenvalue weighted by atomic mass is 10.1. The molecule has 21 heavy (non-hydrogen) atoms. The zero-order valence-electron chi connectivity index (χ0n) is 12.1. The van der Waals surface area contributed by atoms with E-state index in [2.05, 4.69) is 20.7 Å². The quantitative estimate of drug-likeness (QED) is 0.810. The van der Waals surface area contributed by atoms with Crippen molar-refractivity contribution >= 4 is 37.3 Å². The minimum atomic E-state index is -3.73. The molecule has 0 amide bonds. The zero-order chi connectivity index (χ0) is 15.8. The predicted octanol–water partition coefficient (Wildman–Crippen LogP) is 3.76. The van der Waals surface area contributed by atoms with E-state index >= 15 is 0 Å². The summed E-state index contributed by atoms with van der Waals surface area (Å²) in [5.41, 5.74) is 9.04. The molecule has 0 radical (unpaired) electrons. The summed E-state index contributed by atoms with van der Waals surface area (Å²) in [6.07, 6.45) is 0. The van der Waals surface area contributed by atoms with Gasteiger partial charge in [0, 0.05) is 4.47 Å². The molecule has 0 aliphatic rings. The van der Waals surface area contributed by atoms with Crippen LogP contribution in [0.5, 0.6) is 0 Å². The van der Waals surface area contributed by atoms with Crippen molar-refractivity contribution in [3.8, 4) is 0 Å². The van der Waals surface area contributed by atoms with Gasteiger partial charge in [-0.15, -0.1) is 0 Å². The number of rotatable bonds is 3. The minimum Gasteiger partial charge on any atom is -0.398 e. The van der Waals surface area contributed by atoms with E-state index < -0.39 is 10.0 Å². The summed E-state index contributed by atoms with van der Waals surface area (Å²) in [5, 5.41) is 0. The molecule has 2 aromatic rings. The molecular formula is C15H17BrN2O2S. The Morgan fingerprint density at radius 1 is 1.05 bits per heavy atom. The van der Waals surface area contributed by atoms with E-state index in [0.29, 0.717) is 11.3 Å². The second-order valence-corrected chi connectivity index (χ2v) is 7.53. The van der Waals surface area contributed by atoms with Gasteiger partial charge in [-0.1, -0.05) is 28.1 Å². The van der Waals surface area contributed by atoms with Crippen LogP contribution in [0.2, 0.25) is 0 Å². The number of halogens is 1. The average Bonchev–Trinajstić information content (AvgIpc) is 2.38. The molecule has 0 unspecified atom stereocenters. The third-order valence-electron chi connectivity index (χ3n) is 3.42. The van der Waals surface area contributed by atoms with Crippen LogP contribution < -0.4 is 10.5 Å². The van der Waals surface area contributed by atoms with Crippen molar-refractivity contribution in [2.45, 2.75) is 25.7 Å². The van der Waals surface area contributed by atoms with Crippen LogP contribution in [-0.4, -0.2) is 8.42 Å². The third kappa shape index (κ3) is 3.22. The van der Waals surface area contributed by atoms with Gasteiger partial charge >= 0.3 is 0 Å². The number of hydrogen-bond donors (Lipinski definition) is 2. The highest BCUT2D eigenvalue weighted by Crippen LogP contribution is 2.29. The fourth-order valence-corrected chi connectivity index (χ4v) is 3.98. The van der Waals surface area contributed by atoms with Crippen molar-refractivity contribution in [3.63, 3.8) is 0 Å². The number of nitrogen functional groups attached to an aromatic ring is 1. The number of nitrogens with two attached hydrogens (primary N) is 1. The van der Waals surface area contributed by atoms with E-state index in [4.69, 9.17) is 5.73 Å². The summed E-state index contributed by atoms with van der Waals surface area (Å²) < 4.78 is 28.7. The summed E-state index contributed by atoms with van der Waals surface area (Å²) in [6.45, 7) is 5.46. The van der Waals surface area contributed by atoms with Gasteiger partial charge in [0.05, 0.1) is 11.4 Å². The topological polar surface area (TPSA) is 72.2 Å². The maximum atomic E-state index is 12.7. The molecule has 2 rings (SSSR count). The first kappa shape index (κ1) is 15.9. The van der Waals surface area contributed by atoms with E-state index in [-0.39, 0.29) is 10.6 Å². The van der Waals surface area contributed by atoms with Crippen molar-refractivity contribution in [2.75, 3.05) is 10.5 Å². The summed E-state index contributed by atoms with van der Waals surface area (Å²) in [5.74, 6) is 0. The standard InChI is InChI=1S/C15H17BrN2O2S/c1-9-5-7-13(17)15(11(9)3)21(19,20)18-14-8-12(16)6-4-10(14)2/h4-8,18H,17H2,1-3H3. The highest BCUT2D eigenvalue weighted by atomic mass is 79.9. The molecule has 0 saturated heterocycles. The average molecular weight is 369 g/mol. The fraction of sp³-hybridized carbons (Fsp3) is 0.200. The Hall–Kier alpha value is -1.53. The lowest BCUT2D eigenvalue weighted by Gasteiger charge is -2.15. The first-order valence-electron chi connectivity index (χ1n) is 6.37. The first-order valence-corrected chi connectivity index (χ1v) is 8.64. The molecule has 0 heterocycles. The molecule has 0 saturated carbocycles. The maximum absolute atomic E-state index is 12.7. The van der Waals surface area contributed by atoms with E-state index in [1.807, 2.05) is 32.0 Å². The van der Waals surface area contributed by atoms with Crippen molar-refractivity contribution in [3.05, 3.63) is 51.5 Å². The van der Waals surface area contributed by atoms with E-state index in [1.54, 1.807) is 19.1 Å². The molecule has 2 aromatic carbocycles. The largest absolute Gasteiger partial charge is 0.398 e. The van der Waals surface area contributed by atoms with E-state index in [9.17, 15) is 8.42 Å². The summed E-state index contributed by atoms with van der Waals surface area (Å²) in [4.78, 5) is 0.141. The number of sulfonamides is 1. The van der Waals surface area contributed by atoms with Gasteiger partial charge in [0.1, 0.15) is 4.90 Å². The van der Waals surface area contributed by atoms with Crippen molar-refractivity contribution in [2.24, 2.45) is 0 Å². The SMILES string of the molecule is Cc1ccc(Br)cc1NS(=O)(=O)c1c(N)ccc(C)c1C. The Labute approximate surface area is 133 Å². The summed E-state index contributed by atoms with van der Waals surface area (Å²) in [7, 11) is -3.73. The smallest absolute Gasteiger partial charge is 0.264 e. The molecule has 0 spiro atoms. The zero-order valence-corrected chi connectivity index (χ0v) is 14.5.